The first kappa shape index (κ1) is 12.5. The second kappa shape index (κ2) is 4.85. The van der Waals surface area contributed by atoms with Crippen LogP contribution in [0, 0.1) is 6.92 Å². The van der Waals surface area contributed by atoms with Gasteiger partial charge < -0.3 is 9.67 Å². The van der Waals surface area contributed by atoms with Gasteiger partial charge in [-0.3, -0.25) is 0 Å². The monoisotopic (exact) mass is 265 g/mol. The number of hydrogen-bond donors (Lipinski definition) is 1. The van der Waals surface area contributed by atoms with E-state index in [1.807, 2.05) is 25.1 Å². The number of para-hydroxylation sites is 1. The number of rotatable bonds is 3. The van der Waals surface area contributed by atoms with E-state index in [0.29, 0.717) is 5.56 Å². The molecule has 0 fully saturated rings. The summed E-state index contributed by atoms with van der Waals surface area (Å²) in [6, 6.07) is 15.6. The second-order valence-electron chi connectivity index (χ2n) is 4.95. The van der Waals surface area contributed by atoms with Crippen molar-refractivity contribution < 1.29 is 9.90 Å². The van der Waals surface area contributed by atoms with Crippen molar-refractivity contribution in [2.24, 2.45) is 0 Å². The summed E-state index contributed by atoms with van der Waals surface area (Å²) in [5, 5.41) is 10.2. The fourth-order valence-corrected chi connectivity index (χ4v) is 2.47. The highest BCUT2D eigenvalue weighted by atomic mass is 16.4. The summed E-state index contributed by atoms with van der Waals surface area (Å²) in [5.74, 6) is -0.883. The lowest BCUT2D eigenvalue weighted by molar-refractivity contribution is 0.0697. The van der Waals surface area contributed by atoms with Crippen LogP contribution < -0.4 is 0 Å². The minimum atomic E-state index is -0.883. The molecule has 0 saturated carbocycles. The summed E-state index contributed by atoms with van der Waals surface area (Å²) in [6.07, 6.45) is 2.06. The van der Waals surface area contributed by atoms with E-state index in [0.717, 1.165) is 17.7 Å². The molecule has 0 radical (unpaired) electrons. The molecule has 0 bridgehead atoms. The number of fused-ring (bicyclic) bond motifs is 1. The maximum Gasteiger partial charge on any atom is 0.335 e. The molecule has 1 N–H and O–H groups in total. The maximum absolute atomic E-state index is 11.0. The van der Waals surface area contributed by atoms with Crippen LogP contribution in [0.4, 0.5) is 0 Å². The van der Waals surface area contributed by atoms with Gasteiger partial charge >= 0.3 is 5.97 Å². The van der Waals surface area contributed by atoms with Gasteiger partial charge in [-0.1, -0.05) is 24.3 Å². The SMILES string of the molecule is Cc1cc(C(=O)O)ccc1Cn1ccc2ccccc21. The molecule has 0 atom stereocenters. The van der Waals surface area contributed by atoms with E-state index in [2.05, 4.69) is 29.0 Å². The van der Waals surface area contributed by atoms with Gasteiger partial charge in [-0.15, -0.1) is 0 Å². The predicted octanol–water partition coefficient (Wildman–Crippen LogP) is 3.70. The van der Waals surface area contributed by atoms with Crippen LogP contribution >= 0.6 is 0 Å². The van der Waals surface area contributed by atoms with Crippen LogP contribution in [0.1, 0.15) is 21.5 Å². The van der Waals surface area contributed by atoms with Crippen molar-refractivity contribution >= 4 is 16.9 Å². The molecule has 20 heavy (non-hydrogen) atoms. The Labute approximate surface area is 117 Å². The molecule has 0 aliphatic carbocycles. The Bertz CT molecular complexity index is 787. The highest BCUT2D eigenvalue weighted by molar-refractivity contribution is 5.88. The van der Waals surface area contributed by atoms with Gasteiger partial charge in [0.25, 0.3) is 0 Å². The zero-order valence-corrected chi connectivity index (χ0v) is 11.2. The van der Waals surface area contributed by atoms with Crippen LogP contribution in [-0.2, 0) is 6.54 Å². The van der Waals surface area contributed by atoms with Crippen LogP contribution in [0.3, 0.4) is 0 Å². The number of aryl methyl sites for hydroxylation is 1. The Balaban J connectivity index is 1.97. The molecule has 3 rings (SSSR count). The summed E-state index contributed by atoms with van der Waals surface area (Å²) >= 11 is 0. The predicted molar refractivity (Wildman–Crippen MR) is 79.2 cm³/mol. The van der Waals surface area contributed by atoms with Gasteiger partial charge in [-0.25, -0.2) is 4.79 Å². The van der Waals surface area contributed by atoms with Crippen LogP contribution in [0.15, 0.2) is 54.7 Å². The van der Waals surface area contributed by atoms with E-state index in [4.69, 9.17) is 5.11 Å². The van der Waals surface area contributed by atoms with E-state index < -0.39 is 5.97 Å². The number of carboxylic acids is 1. The molecule has 3 heteroatoms. The Hall–Kier alpha value is -2.55. The third kappa shape index (κ3) is 2.18. The average molecular weight is 265 g/mol. The molecule has 3 nitrogen and oxygen atoms in total. The summed E-state index contributed by atoms with van der Waals surface area (Å²) in [4.78, 5) is 11.0. The maximum atomic E-state index is 11.0. The largest absolute Gasteiger partial charge is 0.478 e. The van der Waals surface area contributed by atoms with E-state index in [1.54, 1.807) is 12.1 Å². The lowest BCUT2D eigenvalue weighted by atomic mass is 10.1. The van der Waals surface area contributed by atoms with Crippen molar-refractivity contribution in [2.75, 3.05) is 0 Å². The van der Waals surface area contributed by atoms with Crippen molar-refractivity contribution in [1.29, 1.82) is 0 Å². The van der Waals surface area contributed by atoms with Crippen LogP contribution in [0.25, 0.3) is 10.9 Å². The first-order valence-corrected chi connectivity index (χ1v) is 6.52. The lowest BCUT2D eigenvalue weighted by Gasteiger charge is -2.09. The van der Waals surface area contributed by atoms with Crippen LogP contribution in [0.2, 0.25) is 0 Å². The van der Waals surface area contributed by atoms with E-state index >= 15 is 0 Å². The highest BCUT2D eigenvalue weighted by Gasteiger charge is 2.07. The van der Waals surface area contributed by atoms with Crippen molar-refractivity contribution in [3.8, 4) is 0 Å². The first-order valence-electron chi connectivity index (χ1n) is 6.52. The molecule has 0 aliphatic rings. The normalized spacial score (nSPS) is 10.8. The molecule has 1 heterocycles. The molecule has 0 amide bonds. The van der Waals surface area contributed by atoms with Crippen molar-refractivity contribution in [1.82, 2.24) is 4.57 Å². The standard InChI is InChI=1S/C17H15NO2/c1-12-10-14(17(19)20)6-7-15(12)11-18-9-8-13-4-2-3-5-16(13)18/h2-10H,11H2,1H3,(H,19,20). The summed E-state index contributed by atoms with van der Waals surface area (Å²) in [7, 11) is 0. The van der Waals surface area contributed by atoms with Crippen molar-refractivity contribution in [3.63, 3.8) is 0 Å². The number of aromatic nitrogens is 1. The Kier molecular flexibility index (Phi) is 3.03. The Morgan fingerprint density at radius 2 is 1.95 bits per heavy atom. The summed E-state index contributed by atoms with van der Waals surface area (Å²) < 4.78 is 2.18. The van der Waals surface area contributed by atoms with Crippen LogP contribution in [-0.4, -0.2) is 15.6 Å². The second-order valence-corrected chi connectivity index (χ2v) is 4.95. The third-order valence-electron chi connectivity index (χ3n) is 3.61. The molecular weight excluding hydrogens is 250 g/mol. The number of nitrogens with zero attached hydrogens (tertiary/aromatic N) is 1. The molecule has 0 spiro atoms. The lowest BCUT2D eigenvalue weighted by Crippen LogP contribution is -2.03. The van der Waals surface area contributed by atoms with Crippen molar-refractivity contribution in [2.45, 2.75) is 13.5 Å². The fourth-order valence-electron chi connectivity index (χ4n) is 2.47. The van der Waals surface area contributed by atoms with Gasteiger partial charge in [0.1, 0.15) is 0 Å². The van der Waals surface area contributed by atoms with Gasteiger partial charge in [-0.2, -0.15) is 0 Å². The van der Waals surface area contributed by atoms with E-state index in [-0.39, 0.29) is 0 Å². The number of benzene rings is 2. The quantitative estimate of drug-likeness (QED) is 0.784. The smallest absolute Gasteiger partial charge is 0.335 e. The zero-order valence-electron chi connectivity index (χ0n) is 11.2. The van der Waals surface area contributed by atoms with E-state index in [1.165, 1.54) is 10.9 Å². The molecular formula is C17H15NO2. The average Bonchev–Trinajstić information content (AvgIpc) is 2.84. The van der Waals surface area contributed by atoms with Crippen LogP contribution in [0.5, 0.6) is 0 Å². The van der Waals surface area contributed by atoms with Gasteiger partial charge in [0.2, 0.25) is 0 Å². The molecule has 100 valence electrons. The van der Waals surface area contributed by atoms with Gasteiger partial charge in [0.05, 0.1) is 5.56 Å². The van der Waals surface area contributed by atoms with E-state index in [9.17, 15) is 4.79 Å². The molecule has 0 saturated heterocycles. The van der Waals surface area contributed by atoms with Crippen molar-refractivity contribution in [3.05, 3.63) is 71.4 Å². The first-order chi connectivity index (χ1) is 9.65. The minimum Gasteiger partial charge on any atom is -0.478 e. The summed E-state index contributed by atoms with van der Waals surface area (Å²) in [6.45, 7) is 2.70. The van der Waals surface area contributed by atoms with Gasteiger partial charge in [0, 0.05) is 18.3 Å². The summed E-state index contributed by atoms with van der Waals surface area (Å²) in [5.41, 5.74) is 3.66. The molecule has 2 aromatic carbocycles. The van der Waals surface area contributed by atoms with Gasteiger partial charge in [-0.05, 0) is 47.7 Å². The van der Waals surface area contributed by atoms with Gasteiger partial charge in [0.15, 0.2) is 0 Å². The number of aromatic carboxylic acids is 1. The Morgan fingerprint density at radius 1 is 1.15 bits per heavy atom. The third-order valence-corrected chi connectivity index (χ3v) is 3.61. The Morgan fingerprint density at radius 3 is 2.70 bits per heavy atom. The minimum absolute atomic E-state index is 0.337. The molecule has 3 aromatic rings. The fraction of sp³-hybridized carbons (Fsp3) is 0.118. The topological polar surface area (TPSA) is 42.2 Å². The molecule has 0 unspecified atom stereocenters. The zero-order chi connectivity index (χ0) is 14.1. The molecule has 0 aliphatic heterocycles. The number of carbonyl (C=O) groups is 1. The number of hydrogen-bond acceptors (Lipinski definition) is 1. The highest BCUT2D eigenvalue weighted by Crippen LogP contribution is 2.19. The number of carboxylic acid groups (broad SMARTS) is 1. The molecule has 1 aromatic heterocycles.